The Labute approximate surface area is 113 Å². The summed E-state index contributed by atoms with van der Waals surface area (Å²) in [7, 11) is 2.02. The fraction of sp³-hybridized carbons (Fsp3) is 0.200. The molecule has 2 nitrogen and oxygen atoms in total. The highest BCUT2D eigenvalue weighted by Gasteiger charge is 2.08. The normalized spacial score (nSPS) is 10.4. The Bertz CT molecular complexity index is 552. The molecule has 18 heavy (non-hydrogen) atoms. The molecule has 0 atom stereocenters. The molecule has 0 bridgehead atoms. The van der Waals surface area contributed by atoms with Crippen LogP contribution in [0.25, 0.3) is 0 Å². The first kappa shape index (κ1) is 12.8. The van der Waals surface area contributed by atoms with Crippen LogP contribution in [0.5, 0.6) is 0 Å². The van der Waals surface area contributed by atoms with Crippen molar-refractivity contribution in [2.75, 3.05) is 17.7 Å². The van der Waals surface area contributed by atoms with Crippen LogP contribution >= 0.6 is 11.6 Å². The lowest BCUT2D eigenvalue weighted by molar-refractivity contribution is 0.924. The molecule has 3 heteroatoms. The molecule has 0 aliphatic carbocycles. The van der Waals surface area contributed by atoms with Crippen LogP contribution in [0.1, 0.15) is 11.1 Å². The van der Waals surface area contributed by atoms with Crippen LogP contribution in [0.4, 0.5) is 11.4 Å². The maximum absolute atomic E-state index is 6.17. The van der Waals surface area contributed by atoms with Gasteiger partial charge < -0.3 is 10.6 Å². The molecule has 0 heterocycles. The van der Waals surface area contributed by atoms with Gasteiger partial charge in [-0.05, 0) is 30.2 Å². The fourth-order valence-corrected chi connectivity index (χ4v) is 2.16. The molecular formula is C15H17ClN2. The van der Waals surface area contributed by atoms with Gasteiger partial charge in [0.05, 0.1) is 11.4 Å². The van der Waals surface area contributed by atoms with Gasteiger partial charge in [-0.3, -0.25) is 0 Å². The zero-order valence-electron chi connectivity index (χ0n) is 10.7. The molecule has 0 spiro atoms. The smallest absolute Gasteiger partial charge is 0.0603 e. The van der Waals surface area contributed by atoms with Crippen molar-refractivity contribution >= 4 is 23.0 Å². The minimum Gasteiger partial charge on any atom is -0.397 e. The molecule has 0 fully saturated rings. The summed E-state index contributed by atoms with van der Waals surface area (Å²) in [6.45, 7) is 2.76. The molecule has 2 rings (SSSR count). The number of nitrogens with two attached hydrogens (primary N) is 1. The highest BCUT2D eigenvalue weighted by Crippen LogP contribution is 2.27. The Morgan fingerprint density at radius 2 is 1.83 bits per heavy atom. The number of nitrogens with zero attached hydrogens (tertiary/aromatic N) is 1. The minimum atomic E-state index is 0.743. The van der Waals surface area contributed by atoms with Crippen molar-refractivity contribution in [1.29, 1.82) is 0 Å². The SMILES string of the molecule is Cc1cccc(N(C)Cc2ccccc2Cl)c1N. The van der Waals surface area contributed by atoms with Crippen molar-refractivity contribution < 1.29 is 0 Å². The zero-order chi connectivity index (χ0) is 13.1. The van der Waals surface area contributed by atoms with Gasteiger partial charge in [0.1, 0.15) is 0 Å². The molecule has 0 radical (unpaired) electrons. The largest absolute Gasteiger partial charge is 0.397 e. The van der Waals surface area contributed by atoms with E-state index in [9.17, 15) is 0 Å². The maximum Gasteiger partial charge on any atom is 0.0603 e. The molecule has 0 aliphatic heterocycles. The van der Waals surface area contributed by atoms with Crippen LogP contribution in [-0.2, 0) is 6.54 Å². The number of anilines is 2. The third-order valence-corrected chi connectivity index (χ3v) is 3.45. The molecular weight excluding hydrogens is 244 g/mol. The van der Waals surface area contributed by atoms with E-state index in [2.05, 4.69) is 4.90 Å². The summed E-state index contributed by atoms with van der Waals surface area (Å²) in [5.74, 6) is 0. The second-order valence-corrected chi connectivity index (χ2v) is 4.86. The van der Waals surface area contributed by atoms with Gasteiger partial charge in [0.15, 0.2) is 0 Å². The monoisotopic (exact) mass is 260 g/mol. The van der Waals surface area contributed by atoms with Gasteiger partial charge in [0, 0.05) is 18.6 Å². The van der Waals surface area contributed by atoms with Crippen LogP contribution in [0.2, 0.25) is 5.02 Å². The molecule has 0 amide bonds. The predicted octanol–water partition coefficient (Wildman–Crippen LogP) is 3.87. The average molecular weight is 261 g/mol. The van der Waals surface area contributed by atoms with E-state index in [1.165, 1.54) is 0 Å². The first-order valence-electron chi connectivity index (χ1n) is 5.89. The van der Waals surface area contributed by atoms with Crippen molar-refractivity contribution in [3.05, 3.63) is 58.6 Å². The zero-order valence-corrected chi connectivity index (χ0v) is 11.4. The van der Waals surface area contributed by atoms with E-state index in [1.54, 1.807) is 0 Å². The number of hydrogen-bond donors (Lipinski definition) is 1. The predicted molar refractivity (Wildman–Crippen MR) is 79.2 cm³/mol. The van der Waals surface area contributed by atoms with Crippen LogP contribution in [0.15, 0.2) is 42.5 Å². The number of benzene rings is 2. The second-order valence-electron chi connectivity index (χ2n) is 4.46. The van der Waals surface area contributed by atoms with Crippen molar-refractivity contribution in [2.45, 2.75) is 13.5 Å². The Balaban J connectivity index is 2.25. The van der Waals surface area contributed by atoms with Gasteiger partial charge in [-0.15, -0.1) is 0 Å². The van der Waals surface area contributed by atoms with Gasteiger partial charge >= 0.3 is 0 Å². The van der Waals surface area contributed by atoms with Crippen molar-refractivity contribution in [3.63, 3.8) is 0 Å². The Morgan fingerprint density at radius 1 is 1.11 bits per heavy atom. The summed E-state index contributed by atoms with van der Waals surface area (Å²) in [4.78, 5) is 2.11. The lowest BCUT2D eigenvalue weighted by Crippen LogP contribution is -2.18. The number of para-hydroxylation sites is 1. The lowest BCUT2D eigenvalue weighted by atomic mass is 10.1. The number of hydrogen-bond acceptors (Lipinski definition) is 2. The van der Waals surface area contributed by atoms with E-state index >= 15 is 0 Å². The van der Waals surface area contributed by atoms with E-state index in [1.807, 2.05) is 56.4 Å². The van der Waals surface area contributed by atoms with Gasteiger partial charge in [-0.1, -0.05) is 41.9 Å². The molecule has 2 aromatic rings. The summed E-state index contributed by atoms with van der Waals surface area (Å²) < 4.78 is 0. The highest BCUT2D eigenvalue weighted by molar-refractivity contribution is 6.31. The van der Waals surface area contributed by atoms with Crippen LogP contribution < -0.4 is 10.6 Å². The fourth-order valence-electron chi connectivity index (χ4n) is 1.97. The molecule has 0 aliphatic rings. The topological polar surface area (TPSA) is 29.3 Å². The molecule has 0 saturated carbocycles. The molecule has 94 valence electrons. The summed E-state index contributed by atoms with van der Waals surface area (Å²) >= 11 is 6.17. The molecule has 0 aromatic heterocycles. The van der Waals surface area contributed by atoms with Crippen molar-refractivity contribution in [2.24, 2.45) is 0 Å². The van der Waals surface area contributed by atoms with E-state index in [0.717, 1.165) is 34.1 Å². The maximum atomic E-state index is 6.17. The molecule has 0 unspecified atom stereocenters. The van der Waals surface area contributed by atoms with E-state index < -0.39 is 0 Å². The number of halogens is 1. The summed E-state index contributed by atoms with van der Waals surface area (Å²) in [5.41, 5.74) is 10.2. The summed E-state index contributed by atoms with van der Waals surface area (Å²) in [6, 6.07) is 13.9. The first-order valence-corrected chi connectivity index (χ1v) is 6.27. The third kappa shape index (κ3) is 2.59. The first-order chi connectivity index (χ1) is 8.59. The number of aryl methyl sites for hydroxylation is 1. The van der Waals surface area contributed by atoms with Gasteiger partial charge in [-0.2, -0.15) is 0 Å². The van der Waals surface area contributed by atoms with Crippen LogP contribution in [0.3, 0.4) is 0 Å². The van der Waals surface area contributed by atoms with Crippen LogP contribution in [-0.4, -0.2) is 7.05 Å². The summed E-state index contributed by atoms with van der Waals surface area (Å²) in [6.07, 6.45) is 0. The molecule has 2 aromatic carbocycles. The quantitative estimate of drug-likeness (QED) is 0.849. The Kier molecular flexibility index (Phi) is 3.78. The standard InChI is InChI=1S/C15H17ClN2/c1-11-6-5-9-14(15(11)17)18(2)10-12-7-3-4-8-13(12)16/h3-9H,10,17H2,1-2H3. The average Bonchev–Trinajstić information content (AvgIpc) is 2.35. The van der Waals surface area contributed by atoms with E-state index in [0.29, 0.717) is 0 Å². The van der Waals surface area contributed by atoms with Crippen molar-refractivity contribution in [1.82, 2.24) is 0 Å². The summed E-state index contributed by atoms with van der Waals surface area (Å²) in [5, 5.41) is 0.788. The van der Waals surface area contributed by atoms with E-state index in [-0.39, 0.29) is 0 Å². The third-order valence-electron chi connectivity index (χ3n) is 3.08. The highest BCUT2D eigenvalue weighted by atomic mass is 35.5. The van der Waals surface area contributed by atoms with Gasteiger partial charge in [0.2, 0.25) is 0 Å². The van der Waals surface area contributed by atoms with Gasteiger partial charge in [-0.25, -0.2) is 0 Å². The molecule has 2 N–H and O–H groups in total. The second kappa shape index (κ2) is 5.32. The van der Waals surface area contributed by atoms with E-state index in [4.69, 9.17) is 17.3 Å². The van der Waals surface area contributed by atoms with Crippen LogP contribution in [0, 0.1) is 6.92 Å². The van der Waals surface area contributed by atoms with Crippen molar-refractivity contribution in [3.8, 4) is 0 Å². The minimum absolute atomic E-state index is 0.743. The molecule has 0 saturated heterocycles. The Morgan fingerprint density at radius 3 is 2.56 bits per heavy atom. The Hall–Kier alpha value is -1.67. The number of nitrogen functional groups attached to an aromatic ring is 1. The van der Waals surface area contributed by atoms with Gasteiger partial charge in [0.25, 0.3) is 0 Å². The lowest BCUT2D eigenvalue weighted by Gasteiger charge is -2.22. The number of rotatable bonds is 3.